The van der Waals surface area contributed by atoms with Crippen molar-refractivity contribution >= 4 is 63.3 Å². The van der Waals surface area contributed by atoms with E-state index in [1.807, 2.05) is 4.90 Å². The molecule has 53 heavy (non-hydrogen) atoms. The van der Waals surface area contributed by atoms with Crippen molar-refractivity contribution in [1.82, 2.24) is 26.2 Å². The van der Waals surface area contributed by atoms with Crippen molar-refractivity contribution in [2.75, 3.05) is 77.1 Å². The number of hydrogen-bond donors (Lipinski definition) is 5. The maximum atomic E-state index is 13.5. The van der Waals surface area contributed by atoms with Crippen LogP contribution in [0.5, 0.6) is 0 Å². The van der Waals surface area contributed by atoms with Gasteiger partial charge in [0, 0.05) is 92.1 Å². The molecule has 294 valence electrons. The summed E-state index contributed by atoms with van der Waals surface area (Å²) in [4.78, 5) is 54.9. The topological polar surface area (TPSA) is 209 Å². The van der Waals surface area contributed by atoms with Crippen molar-refractivity contribution in [2.24, 2.45) is 5.73 Å². The van der Waals surface area contributed by atoms with E-state index in [0.29, 0.717) is 47.1 Å². The highest BCUT2D eigenvalue weighted by Gasteiger charge is 2.29. The van der Waals surface area contributed by atoms with Crippen molar-refractivity contribution < 1.29 is 33.4 Å². The number of carbonyl (C=O) groups excluding carboxylic acids is 4. The van der Waals surface area contributed by atoms with Crippen LogP contribution in [-0.4, -0.2) is 122 Å². The summed E-state index contributed by atoms with van der Waals surface area (Å²) in [6, 6.07) is 7.52. The average molecular weight is 809 g/mol. The summed E-state index contributed by atoms with van der Waals surface area (Å²) in [5, 5.41) is 38.5. The Labute approximate surface area is 323 Å². The highest BCUT2D eigenvalue weighted by atomic mass is 32.2. The Bertz CT molecular complexity index is 1480. The third kappa shape index (κ3) is 14.5. The number of thioether (sulfide) groups is 2. The SMILES string of the molecule is C[Si](C)(C)CCSc1c2ccc([n+]1[O-])C(=O)NCCOCCNC(=O)c1ccc(c(SCC[Si](C)(C)C)[n+]1[O-])C(=O)NCCN(CCN)CCNC2=O. The lowest BCUT2D eigenvalue weighted by molar-refractivity contribution is -0.647. The highest BCUT2D eigenvalue weighted by molar-refractivity contribution is 7.99. The van der Waals surface area contributed by atoms with Gasteiger partial charge in [0.05, 0.1) is 13.2 Å². The Kier molecular flexibility index (Phi) is 17.5. The number of ether oxygens (including phenoxy) is 1. The molecule has 0 aromatic carbocycles. The number of hydrogen-bond acceptors (Lipinski definition) is 11. The lowest BCUT2D eigenvalue weighted by Crippen LogP contribution is -2.45. The molecular formula is C34H56N8O7S2Si2. The molecule has 4 aliphatic heterocycles. The van der Waals surface area contributed by atoms with E-state index in [0.717, 1.165) is 12.1 Å². The van der Waals surface area contributed by atoms with Gasteiger partial charge in [-0.2, -0.15) is 9.46 Å². The van der Waals surface area contributed by atoms with Gasteiger partial charge in [-0.1, -0.05) is 62.8 Å². The Morgan fingerprint density at radius 2 is 1.08 bits per heavy atom. The van der Waals surface area contributed by atoms with Crippen LogP contribution in [0.3, 0.4) is 0 Å². The van der Waals surface area contributed by atoms with Crippen molar-refractivity contribution in [1.29, 1.82) is 0 Å². The van der Waals surface area contributed by atoms with Crippen molar-refractivity contribution in [3.05, 3.63) is 57.2 Å². The van der Waals surface area contributed by atoms with E-state index >= 15 is 0 Å². The van der Waals surface area contributed by atoms with Gasteiger partial charge in [-0.3, -0.25) is 24.1 Å². The van der Waals surface area contributed by atoms with Gasteiger partial charge < -0.3 is 42.2 Å². The van der Waals surface area contributed by atoms with Crippen LogP contribution in [0.1, 0.15) is 41.7 Å². The van der Waals surface area contributed by atoms with Gasteiger partial charge in [0.15, 0.2) is 0 Å². The summed E-state index contributed by atoms with van der Waals surface area (Å²) in [6.07, 6.45) is 0. The third-order valence-electron chi connectivity index (χ3n) is 8.16. The van der Waals surface area contributed by atoms with Crippen LogP contribution in [0, 0.1) is 10.4 Å². The molecule has 15 nitrogen and oxygen atoms in total. The fraction of sp³-hybridized carbons (Fsp3) is 0.588. The van der Waals surface area contributed by atoms with Crippen LogP contribution in [0.2, 0.25) is 51.4 Å². The minimum absolute atomic E-state index is 0.0918. The van der Waals surface area contributed by atoms with E-state index in [1.54, 1.807) is 0 Å². The molecule has 2 aromatic heterocycles. The molecule has 2 aromatic rings. The molecule has 19 heteroatoms. The summed E-state index contributed by atoms with van der Waals surface area (Å²) >= 11 is 2.53. The first-order valence-corrected chi connectivity index (χ1v) is 27.3. The zero-order chi connectivity index (χ0) is 39.2. The molecule has 4 amide bonds. The van der Waals surface area contributed by atoms with Gasteiger partial charge in [0.25, 0.3) is 33.3 Å². The Hall–Kier alpha value is -3.21. The Morgan fingerprint density at radius 1 is 0.679 bits per heavy atom. The minimum atomic E-state index is -1.44. The largest absolute Gasteiger partial charge is 0.617 e. The fourth-order valence-electron chi connectivity index (χ4n) is 5.02. The summed E-state index contributed by atoms with van der Waals surface area (Å²) in [7, 11) is -2.89. The summed E-state index contributed by atoms with van der Waals surface area (Å²) in [5.41, 5.74) is 5.95. The lowest BCUT2D eigenvalue weighted by Gasteiger charge is -2.22. The van der Waals surface area contributed by atoms with E-state index < -0.39 is 39.8 Å². The molecule has 0 radical (unpaired) electrons. The monoisotopic (exact) mass is 808 g/mol. The number of nitrogens with zero attached hydrogens (tertiary/aromatic N) is 3. The molecule has 4 aliphatic rings. The van der Waals surface area contributed by atoms with Crippen LogP contribution < -0.4 is 36.5 Å². The molecule has 0 aliphatic carbocycles. The quantitative estimate of drug-likeness (QED) is 0.101. The smallest absolute Gasteiger partial charge is 0.317 e. The maximum Gasteiger partial charge on any atom is 0.317 e. The first-order chi connectivity index (χ1) is 25.0. The molecule has 6 N–H and O–H groups in total. The third-order valence-corrected chi connectivity index (χ3v) is 14.5. The van der Waals surface area contributed by atoms with E-state index in [9.17, 15) is 29.6 Å². The van der Waals surface area contributed by atoms with Crippen LogP contribution >= 0.6 is 23.5 Å². The number of aromatic nitrogens is 2. The predicted molar refractivity (Wildman–Crippen MR) is 214 cm³/mol. The van der Waals surface area contributed by atoms with Gasteiger partial charge in [0.1, 0.15) is 11.1 Å². The fourth-order valence-corrected chi connectivity index (χ4v) is 12.2. The van der Waals surface area contributed by atoms with Gasteiger partial charge in [0.2, 0.25) is 0 Å². The second-order valence-electron chi connectivity index (χ2n) is 15.0. The van der Waals surface area contributed by atoms with Gasteiger partial charge in [-0.05, 0) is 24.2 Å². The molecule has 0 saturated carbocycles. The van der Waals surface area contributed by atoms with E-state index in [4.69, 9.17) is 10.5 Å². The van der Waals surface area contributed by atoms with Crippen LogP contribution in [-0.2, 0) is 4.74 Å². The molecule has 0 spiro atoms. The van der Waals surface area contributed by atoms with Crippen molar-refractivity contribution in [2.45, 2.75) is 61.4 Å². The second kappa shape index (κ2) is 21.0. The van der Waals surface area contributed by atoms with Crippen molar-refractivity contribution in [3.8, 4) is 0 Å². The number of pyridine rings is 2. The number of carbonyl (C=O) groups is 4. The molecule has 4 bridgehead atoms. The molecule has 6 rings (SSSR count). The second-order valence-corrected chi connectivity index (χ2v) is 28.5. The molecule has 0 fully saturated rings. The summed E-state index contributed by atoms with van der Waals surface area (Å²) < 4.78 is 6.61. The Morgan fingerprint density at radius 3 is 1.45 bits per heavy atom. The van der Waals surface area contributed by atoms with Crippen LogP contribution in [0.15, 0.2) is 34.3 Å². The zero-order valence-electron chi connectivity index (χ0n) is 31.8. The predicted octanol–water partition coefficient (Wildman–Crippen LogP) is 1.72. The normalized spacial score (nSPS) is 16.6. The lowest BCUT2D eigenvalue weighted by atomic mass is 10.2. The van der Waals surface area contributed by atoms with Gasteiger partial charge in [-0.25, -0.2) is 0 Å². The summed E-state index contributed by atoms with van der Waals surface area (Å²) in [6.45, 7) is 15.9. The first-order valence-electron chi connectivity index (χ1n) is 17.9. The standard InChI is InChI=1S/C34H56N8O7S2Si2/c1-52(2,3)23-21-50-33-25-7-9-27(41(33)47)31(45)38-14-19-49-20-15-39-32(46)28-10-8-26(34(42(28)48)51-22-24-53(4,5)6)30(44)37-13-18-40(16-11-35)17-12-36-29(25)43/h7-10H,11-24,35H2,1-6H3,(H,36,43)(H,37,44)(H,38,45)(H,39,46). The molecule has 0 saturated heterocycles. The summed E-state index contributed by atoms with van der Waals surface area (Å²) in [5.74, 6) is -0.836. The molecular weight excluding hydrogens is 753 g/mol. The number of nitrogens with one attached hydrogen (secondary N) is 4. The average Bonchev–Trinajstić information content (AvgIpc) is 3.07. The van der Waals surface area contributed by atoms with E-state index in [1.165, 1.54) is 47.8 Å². The molecule has 6 heterocycles. The van der Waals surface area contributed by atoms with Gasteiger partial charge >= 0.3 is 11.8 Å². The zero-order valence-corrected chi connectivity index (χ0v) is 35.4. The highest BCUT2D eigenvalue weighted by Crippen LogP contribution is 2.25. The maximum absolute atomic E-state index is 13.5. The first kappa shape index (κ1) is 44.2. The van der Waals surface area contributed by atoms with E-state index in [2.05, 4.69) is 60.5 Å². The van der Waals surface area contributed by atoms with Gasteiger partial charge in [-0.15, -0.1) is 0 Å². The molecule has 0 unspecified atom stereocenters. The number of nitrogens with two attached hydrogens (primary N) is 1. The minimum Gasteiger partial charge on any atom is -0.617 e. The van der Waals surface area contributed by atoms with Crippen molar-refractivity contribution in [3.63, 3.8) is 0 Å². The number of amides is 4. The van der Waals surface area contributed by atoms with Crippen LogP contribution in [0.4, 0.5) is 0 Å². The Balaban J connectivity index is 1.85. The number of rotatable bonds is 10. The molecule has 0 atom stereocenters. The van der Waals surface area contributed by atoms with E-state index in [-0.39, 0.29) is 72.0 Å². The van der Waals surface area contributed by atoms with Crippen LogP contribution in [0.25, 0.3) is 0 Å².